The van der Waals surface area contributed by atoms with E-state index in [9.17, 15) is 14.4 Å². The van der Waals surface area contributed by atoms with Crippen LogP contribution in [0, 0.1) is 0 Å². The molecular weight excluding hydrogens is 378 g/mol. The van der Waals surface area contributed by atoms with Crippen LogP contribution in [0.15, 0.2) is 24.3 Å². The maximum atomic E-state index is 12.4. The molecule has 1 aromatic carbocycles. The van der Waals surface area contributed by atoms with Crippen molar-refractivity contribution in [2.75, 3.05) is 31.7 Å². The van der Waals surface area contributed by atoms with E-state index >= 15 is 0 Å². The van der Waals surface area contributed by atoms with Crippen LogP contribution >= 0.6 is 23.4 Å². The highest BCUT2D eigenvalue weighted by atomic mass is 35.5. The average Bonchev–Trinajstić information content (AvgIpc) is 2.62. The lowest BCUT2D eigenvalue weighted by atomic mass is 10.1. The summed E-state index contributed by atoms with van der Waals surface area (Å²) in [5.41, 5.74) is 0.320. The number of rotatable bonds is 10. The molecule has 1 unspecified atom stereocenters. The topological polar surface area (TPSA) is 96.5 Å². The van der Waals surface area contributed by atoms with Gasteiger partial charge in [0.25, 0.3) is 5.91 Å². The molecule has 0 saturated carbocycles. The van der Waals surface area contributed by atoms with Gasteiger partial charge in [0, 0.05) is 13.1 Å². The van der Waals surface area contributed by atoms with E-state index in [1.54, 1.807) is 43.0 Å². The fourth-order valence-electron chi connectivity index (χ4n) is 2.04. The van der Waals surface area contributed by atoms with Gasteiger partial charge in [-0.1, -0.05) is 23.7 Å². The van der Waals surface area contributed by atoms with Gasteiger partial charge in [0.2, 0.25) is 5.91 Å². The third kappa shape index (κ3) is 7.97. The van der Waals surface area contributed by atoms with Crippen molar-refractivity contribution in [2.45, 2.75) is 19.4 Å². The highest BCUT2D eigenvalue weighted by molar-refractivity contribution is 7.98. The van der Waals surface area contributed by atoms with Crippen LogP contribution in [0.25, 0.3) is 0 Å². The van der Waals surface area contributed by atoms with Crippen molar-refractivity contribution in [3.8, 4) is 0 Å². The molecule has 9 heteroatoms. The van der Waals surface area contributed by atoms with Crippen molar-refractivity contribution >= 4 is 41.3 Å². The number of alkyl carbamates (subject to hydrolysis) is 1. The van der Waals surface area contributed by atoms with Crippen molar-refractivity contribution in [2.24, 2.45) is 0 Å². The molecule has 0 aromatic heterocycles. The predicted octanol–water partition coefficient (Wildman–Crippen LogP) is 2.05. The summed E-state index contributed by atoms with van der Waals surface area (Å²) >= 11 is 7.61. The van der Waals surface area contributed by atoms with Crippen LogP contribution in [0.5, 0.6) is 0 Å². The summed E-state index contributed by atoms with van der Waals surface area (Å²) < 4.78 is 4.73. The third-order valence-corrected chi connectivity index (χ3v) is 4.29. The molecule has 3 N–H and O–H groups in total. The molecule has 0 radical (unpaired) electrons. The molecule has 0 bridgehead atoms. The van der Waals surface area contributed by atoms with Gasteiger partial charge < -0.3 is 20.7 Å². The zero-order valence-corrected chi connectivity index (χ0v) is 16.4. The van der Waals surface area contributed by atoms with Crippen LogP contribution in [-0.4, -0.2) is 55.7 Å². The highest BCUT2D eigenvalue weighted by Gasteiger charge is 2.21. The van der Waals surface area contributed by atoms with Crippen molar-refractivity contribution in [3.63, 3.8) is 0 Å². The van der Waals surface area contributed by atoms with Crippen LogP contribution in [0.3, 0.4) is 0 Å². The largest absolute Gasteiger partial charge is 0.450 e. The summed E-state index contributed by atoms with van der Waals surface area (Å²) in [4.78, 5) is 35.9. The number of hydrogen-bond acceptors (Lipinski definition) is 5. The van der Waals surface area contributed by atoms with Crippen LogP contribution in [-0.2, 0) is 9.53 Å². The van der Waals surface area contributed by atoms with Crippen molar-refractivity contribution in [3.05, 3.63) is 34.9 Å². The lowest BCUT2D eigenvalue weighted by molar-refractivity contribution is -0.122. The molecule has 0 aliphatic heterocycles. The molecule has 1 aromatic rings. The third-order valence-electron chi connectivity index (χ3n) is 3.32. The van der Waals surface area contributed by atoms with E-state index in [0.29, 0.717) is 22.8 Å². The van der Waals surface area contributed by atoms with Crippen molar-refractivity contribution < 1.29 is 19.1 Å². The highest BCUT2D eigenvalue weighted by Crippen LogP contribution is 2.15. The molecule has 0 heterocycles. The van der Waals surface area contributed by atoms with E-state index in [4.69, 9.17) is 16.3 Å². The number of benzene rings is 1. The van der Waals surface area contributed by atoms with Crippen LogP contribution in [0.4, 0.5) is 4.79 Å². The monoisotopic (exact) mass is 401 g/mol. The molecule has 0 aliphatic carbocycles. The molecule has 0 fully saturated rings. The number of carbonyl (C=O) groups is 3. The molecule has 0 aliphatic rings. The molecule has 1 rings (SSSR count). The number of carbonyl (C=O) groups excluding carboxylic acids is 3. The molecule has 3 amide bonds. The second kappa shape index (κ2) is 12.4. The first-order valence-corrected chi connectivity index (χ1v) is 9.99. The summed E-state index contributed by atoms with van der Waals surface area (Å²) in [7, 11) is 0. The summed E-state index contributed by atoms with van der Waals surface area (Å²) in [5.74, 6) is -0.00582. The van der Waals surface area contributed by atoms with Gasteiger partial charge in [0.15, 0.2) is 0 Å². The first-order valence-electron chi connectivity index (χ1n) is 8.22. The Kier molecular flexibility index (Phi) is 10.6. The Morgan fingerprint density at radius 2 is 1.88 bits per heavy atom. The molecule has 144 valence electrons. The smallest absolute Gasteiger partial charge is 0.407 e. The minimum absolute atomic E-state index is 0.232. The summed E-state index contributed by atoms with van der Waals surface area (Å²) in [6, 6.07) is 5.97. The fourth-order valence-corrected chi connectivity index (χ4v) is 2.73. The molecule has 0 saturated heterocycles. The van der Waals surface area contributed by atoms with E-state index in [1.165, 1.54) is 0 Å². The van der Waals surface area contributed by atoms with Crippen molar-refractivity contribution in [1.29, 1.82) is 0 Å². The lowest BCUT2D eigenvalue weighted by Gasteiger charge is -2.18. The van der Waals surface area contributed by atoms with E-state index in [2.05, 4.69) is 16.0 Å². The standard InChI is InChI=1S/C17H24ClN3O4S/c1-3-25-17(24)20-10-9-19-16(23)14(8-11-26-2)21-15(22)12-6-4-5-7-13(12)18/h4-7,14H,3,8-11H2,1-2H3,(H,19,23)(H,20,24)(H,21,22). The van der Waals surface area contributed by atoms with E-state index in [0.717, 1.165) is 0 Å². The number of nitrogens with one attached hydrogen (secondary N) is 3. The first kappa shape index (κ1) is 22.1. The number of ether oxygens (including phenoxy) is 1. The van der Waals surface area contributed by atoms with Gasteiger partial charge in [0.05, 0.1) is 17.2 Å². The van der Waals surface area contributed by atoms with Gasteiger partial charge in [-0.3, -0.25) is 9.59 Å². The molecule has 26 heavy (non-hydrogen) atoms. The maximum absolute atomic E-state index is 12.4. The fraction of sp³-hybridized carbons (Fsp3) is 0.471. The zero-order valence-electron chi connectivity index (χ0n) is 14.8. The number of thioether (sulfide) groups is 1. The Balaban J connectivity index is 2.56. The Hall–Kier alpha value is -1.93. The van der Waals surface area contributed by atoms with Gasteiger partial charge in [-0.15, -0.1) is 0 Å². The second-order valence-electron chi connectivity index (χ2n) is 5.23. The maximum Gasteiger partial charge on any atom is 0.407 e. The second-order valence-corrected chi connectivity index (χ2v) is 6.62. The van der Waals surface area contributed by atoms with E-state index in [-0.39, 0.29) is 25.6 Å². The van der Waals surface area contributed by atoms with Crippen LogP contribution in [0.2, 0.25) is 5.02 Å². The van der Waals surface area contributed by atoms with Gasteiger partial charge >= 0.3 is 6.09 Å². The predicted molar refractivity (Wildman–Crippen MR) is 104 cm³/mol. The van der Waals surface area contributed by atoms with E-state index in [1.807, 2.05) is 6.26 Å². The van der Waals surface area contributed by atoms with Crippen LogP contribution in [0.1, 0.15) is 23.7 Å². The zero-order chi connectivity index (χ0) is 19.4. The van der Waals surface area contributed by atoms with Crippen LogP contribution < -0.4 is 16.0 Å². The number of halogens is 1. The molecule has 1 atom stereocenters. The Bertz CT molecular complexity index is 615. The lowest BCUT2D eigenvalue weighted by Crippen LogP contribution is -2.48. The average molecular weight is 402 g/mol. The molecule has 0 spiro atoms. The molecular formula is C17H24ClN3O4S. The first-order chi connectivity index (χ1) is 12.5. The van der Waals surface area contributed by atoms with E-state index < -0.39 is 18.0 Å². The number of amides is 3. The van der Waals surface area contributed by atoms with Gasteiger partial charge in [-0.25, -0.2) is 4.79 Å². The van der Waals surface area contributed by atoms with Gasteiger partial charge in [-0.05, 0) is 37.5 Å². The van der Waals surface area contributed by atoms with Gasteiger partial charge in [0.1, 0.15) is 6.04 Å². The summed E-state index contributed by atoms with van der Waals surface area (Å²) in [6.45, 7) is 2.45. The quantitative estimate of drug-likeness (QED) is 0.521. The Morgan fingerprint density at radius 1 is 1.19 bits per heavy atom. The SMILES string of the molecule is CCOC(=O)NCCNC(=O)C(CCSC)NC(=O)c1ccccc1Cl. The number of hydrogen-bond donors (Lipinski definition) is 3. The normalized spacial score (nSPS) is 11.3. The van der Waals surface area contributed by atoms with Gasteiger partial charge in [-0.2, -0.15) is 11.8 Å². The molecule has 7 nitrogen and oxygen atoms in total. The summed E-state index contributed by atoms with van der Waals surface area (Å²) in [5, 5.41) is 8.25. The van der Waals surface area contributed by atoms with Crippen molar-refractivity contribution in [1.82, 2.24) is 16.0 Å². The summed E-state index contributed by atoms with van der Waals surface area (Å²) in [6.07, 6.45) is 1.87. The minimum atomic E-state index is -0.686. The Morgan fingerprint density at radius 3 is 2.54 bits per heavy atom. The minimum Gasteiger partial charge on any atom is -0.450 e. The Labute approximate surface area is 162 Å².